The van der Waals surface area contributed by atoms with E-state index in [1.54, 1.807) is 18.2 Å². The van der Waals surface area contributed by atoms with Crippen molar-refractivity contribution in [2.75, 3.05) is 6.54 Å². The van der Waals surface area contributed by atoms with Crippen LogP contribution in [-0.4, -0.2) is 12.3 Å². The molecule has 1 aromatic carbocycles. The summed E-state index contributed by atoms with van der Waals surface area (Å²) in [4.78, 5) is 11.6. The summed E-state index contributed by atoms with van der Waals surface area (Å²) in [5.74, 6) is -0.152. The number of hydrogen-bond acceptors (Lipinski definition) is 2. The van der Waals surface area contributed by atoms with Crippen molar-refractivity contribution in [3.8, 4) is 0 Å². The van der Waals surface area contributed by atoms with Crippen LogP contribution in [0.25, 0.3) is 0 Å². The van der Waals surface area contributed by atoms with E-state index in [2.05, 4.69) is 0 Å². The minimum atomic E-state index is -0.273. The monoisotopic (exact) mass is 245 g/mol. The summed E-state index contributed by atoms with van der Waals surface area (Å²) in [5.41, 5.74) is 6.40. The Kier molecular flexibility index (Phi) is 4.58. The molecule has 1 rings (SSSR count). The van der Waals surface area contributed by atoms with Gasteiger partial charge in [-0.3, -0.25) is 4.79 Å². The van der Waals surface area contributed by atoms with Crippen molar-refractivity contribution in [2.24, 2.45) is 5.73 Å². The molecule has 0 unspecified atom stereocenters. The molecule has 0 amide bonds. The third-order valence-electron chi connectivity index (χ3n) is 2.32. The van der Waals surface area contributed by atoms with Gasteiger partial charge in [0.15, 0.2) is 0 Å². The molecule has 82 valence electrons. The molecule has 0 fully saturated rings. The second kappa shape index (κ2) is 5.50. The van der Waals surface area contributed by atoms with Crippen LogP contribution in [0, 0.1) is 0 Å². The summed E-state index contributed by atoms with van der Waals surface area (Å²) in [6, 6.07) is 5.18. The molecule has 2 nitrogen and oxygen atoms in total. The van der Waals surface area contributed by atoms with E-state index in [4.69, 9.17) is 28.9 Å². The number of benzene rings is 1. The van der Waals surface area contributed by atoms with Gasteiger partial charge in [-0.25, -0.2) is 0 Å². The van der Waals surface area contributed by atoms with E-state index in [1.165, 1.54) is 0 Å². The summed E-state index contributed by atoms with van der Waals surface area (Å²) >= 11 is 11.7. The van der Waals surface area contributed by atoms with Crippen LogP contribution in [0.2, 0.25) is 10.0 Å². The summed E-state index contributed by atoms with van der Waals surface area (Å²) in [6.07, 6.45) is 0.474. The van der Waals surface area contributed by atoms with E-state index in [1.807, 2.05) is 6.92 Å². The quantitative estimate of drug-likeness (QED) is 0.887. The van der Waals surface area contributed by atoms with Crippen LogP contribution in [0.1, 0.15) is 24.8 Å². The molecule has 0 bridgehead atoms. The lowest BCUT2D eigenvalue weighted by Crippen LogP contribution is -2.20. The molecule has 1 aromatic rings. The van der Waals surface area contributed by atoms with Crippen molar-refractivity contribution < 1.29 is 4.79 Å². The van der Waals surface area contributed by atoms with Gasteiger partial charge in [0.1, 0.15) is 5.78 Å². The number of halogens is 2. The number of ketones is 1. The molecule has 2 N–H and O–H groups in total. The van der Waals surface area contributed by atoms with Crippen molar-refractivity contribution in [1.29, 1.82) is 0 Å². The number of nitrogens with two attached hydrogens (primary N) is 1. The number of hydrogen-bond donors (Lipinski definition) is 1. The fraction of sp³-hybridized carbons (Fsp3) is 0.364. The molecule has 0 aliphatic carbocycles. The number of carbonyl (C=O) groups is 1. The average molecular weight is 246 g/mol. The van der Waals surface area contributed by atoms with E-state index in [0.717, 1.165) is 5.56 Å². The van der Waals surface area contributed by atoms with Crippen molar-refractivity contribution >= 4 is 29.0 Å². The summed E-state index contributed by atoms with van der Waals surface area (Å²) in [7, 11) is 0. The molecule has 0 spiro atoms. The second-order valence-electron chi connectivity index (χ2n) is 3.28. The lowest BCUT2D eigenvalue weighted by molar-refractivity contribution is -0.120. The largest absolute Gasteiger partial charge is 0.329 e. The zero-order valence-electron chi connectivity index (χ0n) is 8.47. The average Bonchev–Trinajstić information content (AvgIpc) is 2.24. The highest BCUT2D eigenvalue weighted by Crippen LogP contribution is 2.27. The lowest BCUT2D eigenvalue weighted by atomic mass is 9.93. The predicted molar refractivity (Wildman–Crippen MR) is 63.6 cm³/mol. The van der Waals surface area contributed by atoms with Gasteiger partial charge >= 0.3 is 0 Å². The molecule has 0 aliphatic rings. The first-order chi connectivity index (χ1) is 7.10. The zero-order valence-corrected chi connectivity index (χ0v) is 9.98. The van der Waals surface area contributed by atoms with Crippen LogP contribution in [0.15, 0.2) is 18.2 Å². The maximum atomic E-state index is 11.6. The maximum absolute atomic E-state index is 11.6. The van der Waals surface area contributed by atoms with Crippen LogP contribution >= 0.6 is 23.2 Å². The highest BCUT2D eigenvalue weighted by molar-refractivity contribution is 6.42. The van der Waals surface area contributed by atoms with Gasteiger partial charge < -0.3 is 5.73 Å². The molecule has 0 heterocycles. The molecule has 0 aromatic heterocycles. The molecular formula is C11H13Cl2NO. The van der Waals surface area contributed by atoms with E-state index in [9.17, 15) is 4.79 Å². The van der Waals surface area contributed by atoms with Gasteiger partial charge in [0, 0.05) is 13.0 Å². The topological polar surface area (TPSA) is 43.1 Å². The van der Waals surface area contributed by atoms with Crippen molar-refractivity contribution in [2.45, 2.75) is 19.3 Å². The van der Waals surface area contributed by atoms with Crippen LogP contribution in [-0.2, 0) is 4.79 Å². The highest BCUT2D eigenvalue weighted by Gasteiger charge is 2.17. The fourth-order valence-electron chi connectivity index (χ4n) is 1.43. The summed E-state index contributed by atoms with van der Waals surface area (Å²) in [6.45, 7) is 2.12. The van der Waals surface area contributed by atoms with E-state index in [0.29, 0.717) is 23.0 Å². The van der Waals surface area contributed by atoms with Gasteiger partial charge in [0.2, 0.25) is 0 Å². The molecular weight excluding hydrogens is 233 g/mol. The minimum absolute atomic E-state index is 0.121. The first-order valence-corrected chi connectivity index (χ1v) is 5.53. The van der Waals surface area contributed by atoms with Gasteiger partial charge in [-0.15, -0.1) is 0 Å². The van der Waals surface area contributed by atoms with Gasteiger partial charge in [0.05, 0.1) is 16.0 Å². The lowest BCUT2D eigenvalue weighted by Gasteiger charge is -2.13. The predicted octanol–water partition coefficient (Wildman–Crippen LogP) is 3.01. The molecule has 15 heavy (non-hydrogen) atoms. The Morgan fingerprint density at radius 3 is 2.53 bits per heavy atom. The van der Waals surface area contributed by atoms with Gasteiger partial charge in [-0.2, -0.15) is 0 Å². The Hall–Kier alpha value is -0.570. The molecule has 0 aliphatic heterocycles. The Morgan fingerprint density at radius 1 is 1.40 bits per heavy atom. The van der Waals surface area contributed by atoms with Crippen LogP contribution < -0.4 is 5.73 Å². The Morgan fingerprint density at radius 2 is 2.07 bits per heavy atom. The Bertz CT molecular complexity index is 366. The van der Waals surface area contributed by atoms with Crippen LogP contribution in [0.5, 0.6) is 0 Å². The van der Waals surface area contributed by atoms with Gasteiger partial charge in [0.25, 0.3) is 0 Å². The molecule has 0 saturated carbocycles. The summed E-state index contributed by atoms with van der Waals surface area (Å²) in [5, 5.41) is 0.941. The minimum Gasteiger partial charge on any atom is -0.329 e. The second-order valence-corrected chi connectivity index (χ2v) is 4.10. The number of Topliss-reactive ketones (excluding diaryl/α,β-unsaturated/α-hetero) is 1. The third kappa shape index (κ3) is 2.94. The molecule has 4 heteroatoms. The Balaban J connectivity index is 3.02. The third-order valence-corrected chi connectivity index (χ3v) is 3.06. The van der Waals surface area contributed by atoms with Gasteiger partial charge in [-0.1, -0.05) is 36.2 Å². The van der Waals surface area contributed by atoms with Crippen LogP contribution in [0.4, 0.5) is 0 Å². The number of carbonyl (C=O) groups excluding carboxylic acids is 1. The fourth-order valence-corrected chi connectivity index (χ4v) is 1.74. The zero-order chi connectivity index (χ0) is 11.4. The molecule has 1 atom stereocenters. The number of rotatable bonds is 4. The Labute approximate surface area is 99.4 Å². The highest BCUT2D eigenvalue weighted by atomic mass is 35.5. The van der Waals surface area contributed by atoms with Crippen molar-refractivity contribution in [1.82, 2.24) is 0 Å². The van der Waals surface area contributed by atoms with E-state index < -0.39 is 0 Å². The summed E-state index contributed by atoms with van der Waals surface area (Å²) < 4.78 is 0. The SMILES string of the molecule is CCC(=O)[C@H](CN)c1ccc(Cl)c(Cl)c1. The van der Waals surface area contributed by atoms with Crippen molar-refractivity contribution in [3.63, 3.8) is 0 Å². The van der Waals surface area contributed by atoms with E-state index in [-0.39, 0.29) is 11.7 Å². The van der Waals surface area contributed by atoms with E-state index >= 15 is 0 Å². The normalized spacial score (nSPS) is 12.5. The molecule has 0 radical (unpaired) electrons. The van der Waals surface area contributed by atoms with Gasteiger partial charge in [-0.05, 0) is 17.7 Å². The first kappa shape index (κ1) is 12.5. The smallest absolute Gasteiger partial charge is 0.141 e. The maximum Gasteiger partial charge on any atom is 0.141 e. The van der Waals surface area contributed by atoms with Crippen LogP contribution in [0.3, 0.4) is 0 Å². The first-order valence-electron chi connectivity index (χ1n) is 4.77. The molecule has 0 saturated heterocycles. The van der Waals surface area contributed by atoms with Crippen molar-refractivity contribution in [3.05, 3.63) is 33.8 Å². The standard InChI is InChI=1S/C11H13Cl2NO/c1-2-11(15)8(6-14)7-3-4-9(12)10(13)5-7/h3-5,8H,2,6,14H2,1H3/t8-/m1/s1.